The first-order valence-corrected chi connectivity index (χ1v) is 11.0. The molecule has 0 atom stereocenters. The summed E-state index contributed by atoms with van der Waals surface area (Å²) in [6.07, 6.45) is 7.45. The van der Waals surface area contributed by atoms with Gasteiger partial charge in [-0.25, -0.2) is 8.42 Å². The normalized spacial score (nSPS) is 14.0. The van der Waals surface area contributed by atoms with Gasteiger partial charge in [0.15, 0.2) is 9.84 Å². The zero-order valence-electron chi connectivity index (χ0n) is 16.0. The minimum atomic E-state index is -3.28. The third kappa shape index (κ3) is 4.26. The number of hydrogen-bond donors (Lipinski definition) is 0. The Balaban J connectivity index is 1.90. The predicted molar refractivity (Wildman–Crippen MR) is 112 cm³/mol. The molecule has 0 saturated heterocycles. The van der Waals surface area contributed by atoms with Gasteiger partial charge in [-0.1, -0.05) is 48.4 Å². The van der Waals surface area contributed by atoms with Gasteiger partial charge in [0, 0.05) is 17.8 Å². The lowest BCUT2D eigenvalue weighted by Gasteiger charge is -2.33. The van der Waals surface area contributed by atoms with Gasteiger partial charge in [0.25, 0.3) is 0 Å². The Morgan fingerprint density at radius 2 is 1.78 bits per heavy atom. The summed E-state index contributed by atoms with van der Waals surface area (Å²) in [5.41, 5.74) is 6.61. The van der Waals surface area contributed by atoms with Crippen molar-refractivity contribution < 1.29 is 8.42 Å². The summed E-state index contributed by atoms with van der Waals surface area (Å²) in [5.74, 6) is 2.78. The number of nitrogens with zero attached hydrogens (tertiary/aromatic N) is 1. The number of fused-ring (bicyclic) bond motifs is 1. The molecule has 4 heteroatoms. The lowest BCUT2D eigenvalue weighted by molar-refractivity contribution is 0.594. The van der Waals surface area contributed by atoms with Crippen molar-refractivity contribution in [2.75, 3.05) is 11.4 Å². The van der Waals surface area contributed by atoms with Crippen LogP contribution in [0, 0.1) is 19.3 Å². The van der Waals surface area contributed by atoms with E-state index in [9.17, 15) is 8.42 Å². The van der Waals surface area contributed by atoms with Crippen LogP contribution in [0.3, 0.4) is 0 Å². The summed E-state index contributed by atoms with van der Waals surface area (Å²) in [6, 6.07) is 11.5. The van der Waals surface area contributed by atoms with Crippen molar-refractivity contribution in [2.45, 2.75) is 38.2 Å². The molecule has 3 rings (SSSR count). The molecule has 1 aliphatic heterocycles. The van der Waals surface area contributed by atoms with Gasteiger partial charge in [-0.2, -0.15) is 0 Å². The topological polar surface area (TPSA) is 37.4 Å². The van der Waals surface area contributed by atoms with Crippen molar-refractivity contribution in [3.63, 3.8) is 0 Å². The van der Waals surface area contributed by atoms with Crippen LogP contribution in [0.4, 0.5) is 5.69 Å². The van der Waals surface area contributed by atoms with Crippen LogP contribution in [0.1, 0.15) is 41.2 Å². The number of allylic oxidation sites excluding steroid dienone is 1. The molecular weight excluding hydrogens is 354 g/mol. The summed E-state index contributed by atoms with van der Waals surface area (Å²) < 4.78 is 25.4. The van der Waals surface area contributed by atoms with Crippen LogP contribution < -0.4 is 4.90 Å². The average Bonchev–Trinajstić information content (AvgIpc) is 2.62. The Hall–Kier alpha value is -2.51. The van der Waals surface area contributed by atoms with E-state index in [1.165, 1.54) is 0 Å². The second-order valence-corrected chi connectivity index (χ2v) is 9.19. The first-order chi connectivity index (χ1) is 12.8. The fourth-order valence-electron chi connectivity index (χ4n) is 3.66. The third-order valence-electron chi connectivity index (χ3n) is 4.95. The van der Waals surface area contributed by atoms with Crippen LogP contribution in [0.5, 0.6) is 0 Å². The minimum Gasteiger partial charge on any atom is -0.345 e. The molecule has 0 radical (unpaired) electrons. The molecule has 0 saturated carbocycles. The van der Waals surface area contributed by atoms with Gasteiger partial charge in [0.1, 0.15) is 0 Å². The van der Waals surface area contributed by atoms with Crippen molar-refractivity contribution in [3.05, 3.63) is 76.5 Å². The van der Waals surface area contributed by atoms with Gasteiger partial charge < -0.3 is 4.90 Å². The quantitative estimate of drug-likeness (QED) is 0.724. The van der Waals surface area contributed by atoms with Crippen molar-refractivity contribution in [1.82, 2.24) is 0 Å². The van der Waals surface area contributed by atoms with E-state index in [0.717, 1.165) is 58.6 Å². The monoisotopic (exact) mass is 379 g/mol. The van der Waals surface area contributed by atoms with Gasteiger partial charge in [-0.05, 0) is 49.4 Å². The summed E-state index contributed by atoms with van der Waals surface area (Å²) in [4.78, 5) is 2.14. The Morgan fingerprint density at radius 3 is 2.41 bits per heavy atom. The van der Waals surface area contributed by atoms with Crippen LogP contribution in [0.25, 0.3) is 0 Å². The standard InChI is InChI=1S/C23H25NO2S/c1-5-21-13-20(14-22-12-9-18(4)24(6-2)23(21)22)16-27(25,26)15-19-10-7-17(3)8-11-19/h1,7-8,10-11,13-14H,4,6,9,12,15-16H2,2-3H3. The number of sulfone groups is 1. The molecule has 0 bridgehead atoms. The van der Waals surface area contributed by atoms with Crippen LogP contribution in [0.2, 0.25) is 0 Å². The smallest absolute Gasteiger partial charge is 0.158 e. The third-order valence-corrected chi connectivity index (χ3v) is 6.50. The Kier molecular flexibility index (Phi) is 5.43. The zero-order chi connectivity index (χ0) is 19.6. The van der Waals surface area contributed by atoms with Crippen molar-refractivity contribution in [2.24, 2.45) is 0 Å². The number of benzene rings is 2. The first-order valence-electron chi connectivity index (χ1n) is 9.16. The maximum Gasteiger partial charge on any atom is 0.158 e. The maximum atomic E-state index is 12.7. The van der Waals surface area contributed by atoms with E-state index in [0.29, 0.717) is 0 Å². The summed E-state index contributed by atoms with van der Waals surface area (Å²) >= 11 is 0. The summed E-state index contributed by atoms with van der Waals surface area (Å²) in [7, 11) is -3.28. The van der Waals surface area contributed by atoms with Gasteiger partial charge in [-0.15, -0.1) is 6.42 Å². The molecule has 1 heterocycles. The largest absolute Gasteiger partial charge is 0.345 e. The molecule has 0 N–H and O–H groups in total. The fraction of sp³-hybridized carbons (Fsp3) is 0.304. The van der Waals surface area contributed by atoms with Crippen molar-refractivity contribution >= 4 is 15.5 Å². The second kappa shape index (κ2) is 7.62. The highest BCUT2D eigenvalue weighted by atomic mass is 32.2. The summed E-state index contributed by atoms with van der Waals surface area (Å²) in [6.45, 7) is 8.99. The van der Waals surface area contributed by atoms with E-state index in [2.05, 4.69) is 24.3 Å². The second-order valence-electron chi connectivity index (χ2n) is 7.12. The van der Waals surface area contributed by atoms with E-state index in [1.54, 1.807) is 0 Å². The number of terminal acetylenes is 1. The highest BCUT2D eigenvalue weighted by Gasteiger charge is 2.23. The number of anilines is 1. The van der Waals surface area contributed by atoms with Gasteiger partial charge in [0.05, 0.1) is 17.2 Å². The number of rotatable bonds is 5. The molecule has 2 aromatic rings. The highest BCUT2D eigenvalue weighted by Crippen LogP contribution is 2.36. The minimum absolute atomic E-state index is 0.00406. The van der Waals surface area contributed by atoms with Gasteiger partial charge in [0.2, 0.25) is 0 Å². The first kappa shape index (κ1) is 19.3. The average molecular weight is 380 g/mol. The molecular formula is C23H25NO2S. The van der Waals surface area contributed by atoms with Crippen LogP contribution in [-0.4, -0.2) is 15.0 Å². The van der Waals surface area contributed by atoms with E-state index < -0.39 is 9.84 Å². The molecule has 3 nitrogen and oxygen atoms in total. The van der Waals surface area contributed by atoms with Crippen LogP contribution >= 0.6 is 0 Å². The van der Waals surface area contributed by atoms with E-state index >= 15 is 0 Å². The van der Waals surface area contributed by atoms with E-state index in [1.807, 2.05) is 43.3 Å². The van der Waals surface area contributed by atoms with E-state index in [-0.39, 0.29) is 11.5 Å². The lowest BCUT2D eigenvalue weighted by Crippen LogP contribution is -2.27. The Morgan fingerprint density at radius 1 is 1.11 bits per heavy atom. The highest BCUT2D eigenvalue weighted by molar-refractivity contribution is 7.89. The molecule has 0 aromatic heterocycles. The van der Waals surface area contributed by atoms with Crippen LogP contribution in [-0.2, 0) is 27.8 Å². The molecule has 27 heavy (non-hydrogen) atoms. The molecule has 0 spiro atoms. The molecule has 2 aromatic carbocycles. The Labute approximate surface area is 162 Å². The summed E-state index contributed by atoms with van der Waals surface area (Å²) in [5, 5.41) is 0. The van der Waals surface area contributed by atoms with Crippen molar-refractivity contribution in [1.29, 1.82) is 0 Å². The molecule has 1 aliphatic rings. The SMILES string of the molecule is C#Cc1cc(CS(=O)(=O)Cc2ccc(C)cc2)cc2c1N(CC)C(=C)CC2. The molecule has 140 valence electrons. The predicted octanol–water partition coefficient (Wildman–Crippen LogP) is 4.38. The Bertz CT molecular complexity index is 1010. The van der Waals surface area contributed by atoms with Gasteiger partial charge >= 0.3 is 0 Å². The van der Waals surface area contributed by atoms with Gasteiger partial charge in [-0.3, -0.25) is 0 Å². The molecule has 0 aliphatic carbocycles. The molecule has 0 unspecified atom stereocenters. The lowest BCUT2D eigenvalue weighted by atomic mass is 9.94. The number of aryl methyl sites for hydroxylation is 2. The van der Waals surface area contributed by atoms with Crippen LogP contribution in [0.15, 0.2) is 48.7 Å². The fourth-order valence-corrected chi connectivity index (χ4v) is 5.14. The van der Waals surface area contributed by atoms with Crippen molar-refractivity contribution in [3.8, 4) is 12.3 Å². The molecule has 0 amide bonds. The number of hydrogen-bond acceptors (Lipinski definition) is 3. The van der Waals surface area contributed by atoms with E-state index in [4.69, 9.17) is 6.42 Å². The zero-order valence-corrected chi connectivity index (χ0v) is 16.8. The molecule has 0 fully saturated rings. The maximum absolute atomic E-state index is 12.7.